The van der Waals surface area contributed by atoms with Crippen LogP contribution < -0.4 is 10.6 Å². The fourth-order valence-electron chi connectivity index (χ4n) is 3.29. The monoisotopic (exact) mass is 403 g/mol. The van der Waals surface area contributed by atoms with Crippen LogP contribution in [0.2, 0.25) is 0 Å². The maximum absolute atomic E-state index is 12.5. The number of pyridine rings is 2. The molecule has 3 amide bonds. The van der Waals surface area contributed by atoms with Gasteiger partial charge in [-0.25, -0.2) is 4.79 Å². The van der Waals surface area contributed by atoms with Crippen LogP contribution in [0.5, 0.6) is 0 Å². The average molecular weight is 403 g/mol. The van der Waals surface area contributed by atoms with Gasteiger partial charge < -0.3 is 20.6 Å². The Balaban J connectivity index is 1.36. The largest absolute Gasteiger partial charge is 0.394 e. The summed E-state index contributed by atoms with van der Waals surface area (Å²) in [6.07, 6.45) is 3.33. The van der Waals surface area contributed by atoms with Crippen LogP contribution in [-0.2, 0) is 13.1 Å². The third-order valence-corrected chi connectivity index (χ3v) is 4.90. The van der Waals surface area contributed by atoms with Gasteiger partial charge in [-0.1, -0.05) is 12.1 Å². The number of fused-ring (bicyclic) bond motifs is 1. The predicted molar refractivity (Wildman–Crippen MR) is 110 cm³/mol. The summed E-state index contributed by atoms with van der Waals surface area (Å²) in [5.74, 6) is -0.335. The molecular formula is C22H21N5O3. The highest BCUT2D eigenvalue weighted by Gasteiger charge is 2.24. The Labute approximate surface area is 173 Å². The Hall–Kier alpha value is -3.78. The van der Waals surface area contributed by atoms with E-state index in [1.54, 1.807) is 59.8 Å². The normalized spacial score (nSPS) is 13.4. The zero-order valence-corrected chi connectivity index (χ0v) is 16.2. The lowest BCUT2D eigenvalue weighted by Crippen LogP contribution is -2.31. The first-order valence-corrected chi connectivity index (χ1v) is 9.55. The smallest absolute Gasteiger partial charge is 0.322 e. The molecule has 1 aromatic carbocycles. The first kappa shape index (κ1) is 19.5. The number of benzene rings is 1. The van der Waals surface area contributed by atoms with E-state index in [0.29, 0.717) is 30.0 Å². The molecule has 0 unspecified atom stereocenters. The number of aliphatic hydroxyl groups is 1. The lowest BCUT2D eigenvalue weighted by atomic mass is 10.1. The van der Waals surface area contributed by atoms with Crippen LogP contribution in [0.4, 0.5) is 10.5 Å². The van der Waals surface area contributed by atoms with E-state index in [4.69, 9.17) is 0 Å². The molecule has 152 valence electrons. The summed E-state index contributed by atoms with van der Waals surface area (Å²) in [5.41, 5.74) is 3.54. The number of nitrogens with one attached hydrogen (secondary N) is 2. The number of amides is 3. The van der Waals surface area contributed by atoms with E-state index in [-0.39, 0.29) is 18.5 Å². The zero-order valence-electron chi connectivity index (χ0n) is 16.2. The minimum absolute atomic E-state index is 0.222. The van der Waals surface area contributed by atoms with Crippen LogP contribution in [-0.4, -0.2) is 38.5 Å². The summed E-state index contributed by atoms with van der Waals surface area (Å²) < 4.78 is 0. The van der Waals surface area contributed by atoms with Crippen LogP contribution in [0.25, 0.3) is 0 Å². The van der Waals surface area contributed by atoms with Gasteiger partial charge in [-0.2, -0.15) is 0 Å². The molecule has 1 atom stereocenters. The predicted octanol–water partition coefficient (Wildman–Crippen LogP) is 2.49. The van der Waals surface area contributed by atoms with Gasteiger partial charge in [0.05, 0.1) is 30.6 Å². The summed E-state index contributed by atoms with van der Waals surface area (Å²) in [7, 11) is 0. The number of hydrogen-bond acceptors (Lipinski definition) is 5. The highest BCUT2D eigenvalue weighted by atomic mass is 16.3. The Morgan fingerprint density at radius 2 is 1.80 bits per heavy atom. The molecule has 4 rings (SSSR count). The standard InChI is InChI=1S/C22H21N5O3/c28-14-20(18-5-1-2-10-23-18)26-21(29)15-6-8-17(9-7-15)25-22(30)27-12-16-4-3-11-24-19(16)13-27/h1-11,20,28H,12-14H2,(H,25,30)(H,26,29)/t20-/m1/s1. The van der Waals surface area contributed by atoms with Crippen molar-refractivity contribution in [3.63, 3.8) is 0 Å². The number of anilines is 1. The van der Waals surface area contributed by atoms with Crippen molar-refractivity contribution in [3.05, 3.63) is 89.5 Å². The molecule has 0 bridgehead atoms. The van der Waals surface area contributed by atoms with E-state index in [2.05, 4.69) is 20.6 Å². The fourth-order valence-corrected chi connectivity index (χ4v) is 3.29. The van der Waals surface area contributed by atoms with E-state index in [1.807, 2.05) is 12.1 Å². The number of aromatic nitrogens is 2. The van der Waals surface area contributed by atoms with E-state index in [0.717, 1.165) is 11.3 Å². The molecule has 1 aliphatic rings. The third kappa shape index (κ3) is 4.28. The van der Waals surface area contributed by atoms with Crippen molar-refractivity contribution in [2.24, 2.45) is 0 Å². The molecule has 3 N–H and O–H groups in total. The molecule has 8 nitrogen and oxygen atoms in total. The first-order valence-electron chi connectivity index (χ1n) is 9.55. The molecule has 0 radical (unpaired) electrons. The summed E-state index contributed by atoms with van der Waals surface area (Å²) in [6.45, 7) is 0.730. The number of hydrogen-bond donors (Lipinski definition) is 3. The fraction of sp³-hybridized carbons (Fsp3) is 0.182. The van der Waals surface area contributed by atoms with Crippen LogP contribution in [0.3, 0.4) is 0 Å². The van der Waals surface area contributed by atoms with Crippen LogP contribution in [0.1, 0.15) is 33.4 Å². The number of nitrogens with zero attached hydrogens (tertiary/aromatic N) is 3. The second kappa shape index (κ2) is 8.71. The molecule has 1 aliphatic heterocycles. The van der Waals surface area contributed by atoms with Crippen molar-refractivity contribution >= 4 is 17.6 Å². The minimum Gasteiger partial charge on any atom is -0.394 e. The van der Waals surface area contributed by atoms with Crippen molar-refractivity contribution in [1.82, 2.24) is 20.2 Å². The molecule has 8 heteroatoms. The van der Waals surface area contributed by atoms with E-state index in [9.17, 15) is 14.7 Å². The van der Waals surface area contributed by atoms with Gasteiger partial charge in [0.2, 0.25) is 0 Å². The van der Waals surface area contributed by atoms with Gasteiger partial charge >= 0.3 is 6.03 Å². The van der Waals surface area contributed by atoms with E-state index < -0.39 is 6.04 Å². The topological polar surface area (TPSA) is 107 Å². The van der Waals surface area contributed by atoms with Gasteiger partial charge in [0.15, 0.2) is 0 Å². The number of carbonyl (C=O) groups is 2. The highest BCUT2D eigenvalue weighted by Crippen LogP contribution is 2.21. The second-order valence-electron chi connectivity index (χ2n) is 6.94. The Kier molecular flexibility index (Phi) is 5.67. The lowest BCUT2D eigenvalue weighted by Gasteiger charge is -2.17. The van der Waals surface area contributed by atoms with E-state index >= 15 is 0 Å². The van der Waals surface area contributed by atoms with Crippen LogP contribution in [0.15, 0.2) is 67.0 Å². The van der Waals surface area contributed by atoms with Crippen molar-refractivity contribution in [2.75, 3.05) is 11.9 Å². The Morgan fingerprint density at radius 1 is 1.00 bits per heavy atom. The molecule has 2 aromatic heterocycles. The van der Waals surface area contributed by atoms with Crippen molar-refractivity contribution < 1.29 is 14.7 Å². The molecule has 0 fully saturated rings. The number of rotatable bonds is 5. The number of urea groups is 1. The van der Waals surface area contributed by atoms with Crippen molar-refractivity contribution in [3.8, 4) is 0 Å². The zero-order chi connectivity index (χ0) is 20.9. The Morgan fingerprint density at radius 3 is 2.50 bits per heavy atom. The molecule has 0 saturated carbocycles. The molecule has 3 aromatic rings. The van der Waals surface area contributed by atoms with Gasteiger partial charge in [0.25, 0.3) is 5.91 Å². The molecule has 3 heterocycles. The summed E-state index contributed by atoms with van der Waals surface area (Å²) in [6, 6.07) is 14.9. The van der Waals surface area contributed by atoms with Gasteiger partial charge in [-0.05, 0) is 48.0 Å². The summed E-state index contributed by atoms with van der Waals surface area (Å²) in [4.78, 5) is 35.2. The maximum Gasteiger partial charge on any atom is 0.322 e. The van der Waals surface area contributed by atoms with Crippen molar-refractivity contribution in [2.45, 2.75) is 19.1 Å². The summed E-state index contributed by atoms with van der Waals surface area (Å²) >= 11 is 0. The molecule has 30 heavy (non-hydrogen) atoms. The Bertz CT molecular complexity index is 1020. The minimum atomic E-state index is -0.594. The van der Waals surface area contributed by atoms with Gasteiger partial charge in [0.1, 0.15) is 0 Å². The maximum atomic E-state index is 12.5. The van der Waals surface area contributed by atoms with E-state index in [1.165, 1.54) is 0 Å². The van der Waals surface area contributed by atoms with Gasteiger partial charge in [-0.15, -0.1) is 0 Å². The average Bonchev–Trinajstić information content (AvgIpc) is 3.23. The van der Waals surface area contributed by atoms with Crippen molar-refractivity contribution in [1.29, 1.82) is 0 Å². The highest BCUT2D eigenvalue weighted by molar-refractivity contribution is 5.95. The second-order valence-corrected chi connectivity index (χ2v) is 6.94. The van der Waals surface area contributed by atoms with Crippen LogP contribution in [0, 0.1) is 0 Å². The molecule has 0 aliphatic carbocycles. The molecule has 0 spiro atoms. The van der Waals surface area contributed by atoms with Crippen LogP contribution >= 0.6 is 0 Å². The van der Waals surface area contributed by atoms with Gasteiger partial charge in [0, 0.05) is 30.2 Å². The first-order chi connectivity index (χ1) is 14.6. The molecule has 0 saturated heterocycles. The number of carbonyl (C=O) groups excluding carboxylic acids is 2. The van der Waals surface area contributed by atoms with Gasteiger partial charge in [-0.3, -0.25) is 14.8 Å². The number of aliphatic hydroxyl groups excluding tert-OH is 1. The lowest BCUT2D eigenvalue weighted by molar-refractivity contribution is 0.0914. The molecular weight excluding hydrogens is 382 g/mol. The summed E-state index contributed by atoms with van der Waals surface area (Å²) in [5, 5.41) is 15.2. The quantitative estimate of drug-likeness (QED) is 0.607. The third-order valence-electron chi connectivity index (χ3n) is 4.90. The SMILES string of the molecule is O=C(N[C@H](CO)c1ccccn1)c1ccc(NC(=O)N2Cc3cccnc3C2)cc1.